The number of rotatable bonds is 14. The molecule has 0 aliphatic rings. The first kappa shape index (κ1) is 27.7. The summed E-state index contributed by atoms with van der Waals surface area (Å²) in [6, 6.07) is 11.2. The molecule has 1 amide bonds. The van der Waals surface area contributed by atoms with E-state index < -0.39 is 0 Å². The summed E-state index contributed by atoms with van der Waals surface area (Å²) in [6.45, 7) is 6.32. The third kappa shape index (κ3) is 10.2. The van der Waals surface area contributed by atoms with Crippen molar-refractivity contribution in [3.05, 3.63) is 58.9 Å². The first-order valence-electron chi connectivity index (χ1n) is 11.3. The summed E-state index contributed by atoms with van der Waals surface area (Å²) in [5.41, 5.74) is 1.60. The maximum absolute atomic E-state index is 12.5. The molecule has 1 aromatic carbocycles. The van der Waals surface area contributed by atoms with Crippen LogP contribution in [0.5, 0.6) is 5.75 Å². The van der Waals surface area contributed by atoms with Crippen molar-refractivity contribution < 1.29 is 38.1 Å². The van der Waals surface area contributed by atoms with Crippen molar-refractivity contribution in [3.63, 3.8) is 0 Å². The van der Waals surface area contributed by atoms with Crippen LogP contribution in [-0.4, -0.2) is 12.5 Å². The summed E-state index contributed by atoms with van der Waals surface area (Å²) in [4.78, 5) is 12.5. The predicted octanol–water partition coefficient (Wildman–Crippen LogP) is 3.10. The number of aromatic nitrogens is 1. The van der Waals surface area contributed by atoms with Gasteiger partial charge in [0, 0.05) is 17.7 Å². The van der Waals surface area contributed by atoms with Gasteiger partial charge >= 0.3 is 0 Å². The highest BCUT2D eigenvalue weighted by atomic mass is 127. The van der Waals surface area contributed by atoms with Gasteiger partial charge in [0.15, 0.2) is 6.20 Å². The van der Waals surface area contributed by atoms with Crippen LogP contribution in [0.2, 0.25) is 5.02 Å². The minimum absolute atomic E-state index is 0. The molecule has 2 rings (SSSR count). The maximum atomic E-state index is 12.5. The lowest BCUT2D eigenvalue weighted by molar-refractivity contribution is -0.701. The smallest absolute Gasteiger partial charge is 0.251 e. The second kappa shape index (κ2) is 16.3. The Bertz CT molecular complexity index is 786. The van der Waals surface area contributed by atoms with E-state index in [9.17, 15) is 4.79 Å². The molecule has 0 saturated heterocycles. The molecule has 0 spiro atoms. The maximum Gasteiger partial charge on any atom is 0.251 e. The van der Waals surface area contributed by atoms with Gasteiger partial charge in [-0.3, -0.25) is 4.79 Å². The number of hydrogen-bond acceptors (Lipinski definition) is 2. The Kier molecular flexibility index (Phi) is 14.6. The number of halogens is 2. The fourth-order valence-corrected chi connectivity index (χ4v) is 3.67. The van der Waals surface area contributed by atoms with Crippen LogP contribution in [0.25, 0.3) is 0 Å². The fraction of sp³-hybridized carbons (Fsp3) is 0.520. The molecule has 172 valence electrons. The van der Waals surface area contributed by atoms with Crippen LogP contribution in [0.15, 0.2) is 42.6 Å². The first-order chi connectivity index (χ1) is 14.7. The molecule has 31 heavy (non-hydrogen) atoms. The average Bonchev–Trinajstić information content (AvgIpc) is 2.77. The zero-order valence-electron chi connectivity index (χ0n) is 18.8. The Hall–Kier alpha value is -1.34. The monoisotopic (exact) mass is 558 g/mol. The average molecular weight is 559 g/mol. The number of carbonyl (C=O) groups is 1. The van der Waals surface area contributed by atoms with E-state index in [1.807, 2.05) is 24.4 Å². The quantitative estimate of drug-likeness (QED) is 0.220. The molecule has 1 N–H and O–H groups in total. The van der Waals surface area contributed by atoms with Crippen molar-refractivity contribution in [1.82, 2.24) is 5.32 Å². The molecular weight excluding hydrogens is 523 g/mol. The summed E-state index contributed by atoms with van der Waals surface area (Å²) in [5, 5.41) is 3.44. The molecule has 4 nitrogen and oxygen atoms in total. The van der Waals surface area contributed by atoms with Crippen LogP contribution in [0, 0.1) is 0 Å². The molecular formula is C25H36ClIN2O2. The van der Waals surface area contributed by atoms with Crippen LogP contribution in [0.1, 0.15) is 81.3 Å². The topological polar surface area (TPSA) is 42.2 Å². The number of ether oxygens (including phenoxy) is 1. The molecule has 0 aliphatic heterocycles. The van der Waals surface area contributed by atoms with E-state index in [4.69, 9.17) is 16.3 Å². The molecule has 0 fully saturated rings. The van der Waals surface area contributed by atoms with Gasteiger partial charge in [0.1, 0.15) is 18.8 Å². The number of amides is 1. The van der Waals surface area contributed by atoms with E-state index in [0.717, 1.165) is 18.7 Å². The number of nitrogens with one attached hydrogen (secondary N) is 1. The van der Waals surface area contributed by atoms with Crippen molar-refractivity contribution in [2.45, 2.75) is 78.3 Å². The van der Waals surface area contributed by atoms with Gasteiger partial charge in [-0.2, -0.15) is 0 Å². The number of carbonyl (C=O) groups excluding carboxylic acids is 1. The van der Waals surface area contributed by atoms with Crippen molar-refractivity contribution in [2.75, 3.05) is 6.61 Å². The predicted molar refractivity (Wildman–Crippen MR) is 123 cm³/mol. The van der Waals surface area contributed by atoms with Gasteiger partial charge in [-0.05, 0) is 31.5 Å². The van der Waals surface area contributed by atoms with E-state index in [1.165, 1.54) is 44.9 Å². The Morgan fingerprint density at radius 3 is 2.39 bits per heavy atom. The lowest BCUT2D eigenvalue weighted by atomic mass is 10.1. The van der Waals surface area contributed by atoms with Crippen molar-refractivity contribution >= 4 is 17.5 Å². The second-order valence-corrected chi connectivity index (χ2v) is 8.04. The second-order valence-electron chi connectivity index (χ2n) is 7.63. The fourth-order valence-electron chi connectivity index (χ4n) is 3.43. The van der Waals surface area contributed by atoms with Crippen LogP contribution in [0.3, 0.4) is 0 Å². The molecule has 0 unspecified atom stereocenters. The van der Waals surface area contributed by atoms with E-state index >= 15 is 0 Å². The van der Waals surface area contributed by atoms with Gasteiger partial charge in [-0.25, -0.2) is 4.57 Å². The molecule has 0 radical (unpaired) electrons. The highest BCUT2D eigenvalue weighted by Gasteiger charge is 2.12. The van der Waals surface area contributed by atoms with E-state index in [-0.39, 0.29) is 29.9 Å². The summed E-state index contributed by atoms with van der Waals surface area (Å²) >= 11 is 6.34. The van der Waals surface area contributed by atoms with E-state index in [1.54, 1.807) is 18.2 Å². The molecule has 1 aromatic heterocycles. The van der Waals surface area contributed by atoms with Crippen molar-refractivity contribution in [3.8, 4) is 5.75 Å². The minimum atomic E-state index is -0.141. The Labute approximate surface area is 209 Å². The molecule has 1 heterocycles. The third-order valence-corrected chi connectivity index (χ3v) is 5.55. The SMILES string of the molecule is CCCCCCCCCCOc1ccc(C(=O)NCc2cccc[n+]2CC)cc1Cl.[I-]. The Morgan fingerprint density at radius 1 is 1.00 bits per heavy atom. The van der Waals surface area contributed by atoms with E-state index in [2.05, 4.69) is 23.7 Å². The Morgan fingerprint density at radius 2 is 1.71 bits per heavy atom. The van der Waals surface area contributed by atoms with Crippen LogP contribution < -0.4 is 38.6 Å². The number of hydrogen-bond donors (Lipinski definition) is 1. The Balaban J connectivity index is 0.00000480. The normalized spacial score (nSPS) is 10.4. The summed E-state index contributed by atoms with van der Waals surface area (Å²) in [5.74, 6) is 0.501. The molecule has 0 bridgehead atoms. The largest absolute Gasteiger partial charge is 1.00 e. The zero-order chi connectivity index (χ0) is 21.6. The van der Waals surface area contributed by atoms with Gasteiger partial charge in [0.25, 0.3) is 5.91 Å². The van der Waals surface area contributed by atoms with Gasteiger partial charge < -0.3 is 34.0 Å². The van der Waals surface area contributed by atoms with Crippen molar-refractivity contribution in [2.24, 2.45) is 0 Å². The van der Waals surface area contributed by atoms with Gasteiger partial charge in [-0.1, -0.05) is 69.5 Å². The van der Waals surface area contributed by atoms with Crippen LogP contribution >= 0.6 is 11.6 Å². The summed E-state index contributed by atoms with van der Waals surface area (Å²) in [6.07, 6.45) is 12.1. The molecule has 6 heteroatoms. The number of benzene rings is 1. The molecule has 2 aromatic rings. The summed E-state index contributed by atoms with van der Waals surface area (Å²) < 4.78 is 7.92. The summed E-state index contributed by atoms with van der Waals surface area (Å²) in [7, 11) is 0. The third-order valence-electron chi connectivity index (χ3n) is 5.25. The number of pyridine rings is 1. The number of unbranched alkanes of at least 4 members (excludes halogenated alkanes) is 7. The van der Waals surface area contributed by atoms with E-state index in [0.29, 0.717) is 29.5 Å². The molecule has 0 atom stereocenters. The molecule has 0 saturated carbocycles. The van der Waals surface area contributed by atoms with Crippen LogP contribution in [0.4, 0.5) is 0 Å². The van der Waals surface area contributed by atoms with Crippen molar-refractivity contribution in [1.29, 1.82) is 0 Å². The lowest BCUT2D eigenvalue weighted by Gasteiger charge is -2.10. The van der Waals surface area contributed by atoms with Gasteiger partial charge in [0.2, 0.25) is 5.69 Å². The minimum Gasteiger partial charge on any atom is -1.00 e. The zero-order valence-corrected chi connectivity index (χ0v) is 21.8. The standard InChI is InChI=1S/C25H35ClN2O2.HI/c1-3-5-6-7-8-9-10-13-18-30-24-16-15-21(19-23(24)26)25(29)27-20-22-14-11-12-17-28(22)4-2;/h11-12,14-17,19H,3-10,13,18,20H2,1-2H3;1H. The van der Waals surface area contributed by atoms with Gasteiger partial charge in [0.05, 0.1) is 11.6 Å². The number of nitrogens with zero attached hydrogens (tertiary/aromatic N) is 1. The number of aryl methyl sites for hydroxylation is 1. The highest BCUT2D eigenvalue weighted by molar-refractivity contribution is 6.32. The lowest BCUT2D eigenvalue weighted by Crippen LogP contribution is -3.00. The van der Waals surface area contributed by atoms with Crippen LogP contribution in [-0.2, 0) is 13.1 Å². The highest BCUT2D eigenvalue weighted by Crippen LogP contribution is 2.26. The van der Waals surface area contributed by atoms with Gasteiger partial charge in [-0.15, -0.1) is 0 Å². The first-order valence-corrected chi connectivity index (χ1v) is 11.7. The molecule has 0 aliphatic carbocycles.